The number of β-amino-alcohol motifs (C(OH)–C–C–N with tert-alkyl or cyclic N) is 1. The molecule has 1 fully saturated rings. The van der Waals surface area contributed by atoms with Gasteiger partial charge in [-0.05, 0) is 38.3 Å². The van der Waals surface area contributed by atoms with Crippen molar-refractivity contribution in [1.29, 1.82) is 0 Å². The zero-order valence-corrected chi connectivity index (χ0v) is 12.9. The van der Waals surface area contributed by atoms with Crippen molar-refractivity contribution in [3.05, 3.63) is 0 Å². The Morgan fingerprint density at radius 1 is 1.37 bits per heavy atom. The number of piperidine rings is 1. The summed E-state index contributed by atoms with van der Waals surface area (Å²) in [6.07, 6.45) is 3.52. The summed E-state index contributed by atoms with van der Waals surface area (Å²) in [7, 11) is 0. The Balaban J connectivity index is 2.16. The summed E-state index contributed by atoms with van der Waals surface area (Å²) in [6, 6.07) is 0. The minimum atomic E-state index is -0.274. The SMILES string of the molecule is CCCOC1CCCN(CC(O)CNCC(C)C)C1. The number of aliphatic hydroxyl groups is 1. The second-order valence-corrected chi connectivity index (χ2v) is 6.10. The summed E-state index contributed by atoms with van der Waals surface area (Å²) >= 11 is 0. The van der Waals surface area contributed by atoms with Crippen LogP contribution in [0.25, 0.3) is 0 Å². The van der Waals surface area contributed by atoms with Gasteiger partial charge in [0.25, 0.3) is 0 Å². The molecule has 0 amide bonds. The van der Waals surface area contributed by atoms with Crippen molar-refractivity contribution in [2.24, 2.45) is 5.92 Å². The van der Waals surface area contributed by atoms with Crippen molar-refractivity contribution in [3.8, 4) is 0 Å². The van der Waals surface area contributed by atoms with Gasteiger partial charge in [-0.3, -0.25) is 4.90 Å². The molecule has 0 aliphatic carbocycles. The predicted octanol–water partition coefficient (Wildman–Crippen LogP) is 1.48. The van der Waals surface area contributed by atoms with E-state index in [1.807, 2.05) is 0 Å². The van der Waals surface area contributed by atoms with Crippen LogP contribution in [0.15, 0.2) is 0 Å². The van der Waals surface area contributed by atoms with Gasteiger partial charge in [-0.1, -0.05) is 20.8 Å². The van der Waals surface area contributed by atoms with E-state index in [9.17, 15) is 5.11 Å². The highest BCUT2D eigenvalue weighted by molar-refractivity contribution is 4.76. The molecule has 0 saturated carbocycles. The molecule has 114 valence electrons. The van der Waals surface area contributed by atoms with E-state index in [-0.39, 0.29) is 6.10 Å². The third kappa shape index (κ3) is 7.88. The maximum atomic E-state index is 10.0. The normalized spacial score (nSPS) is 22.9. The lowest BCUT2D eigenvalue weighted by Crippen LogP contribution is -2.45. The Morgan fingerprint density at radius 3 is 2.84 bits per heavy atom. The molecule has 0 radical (unpaired) electrons. The van der Waals surface area contributed by atoms with E-state index in [0.29, 0.717) is 18.6 Å². The van der Waals surface area contributed by atoms with E-state index in [4.69, 9.17) is 4.74 Å². The average molecular weight is 272 g/mol. The topological polar surface area (TPSA) is 44.7 Å². The molecule has 1 rings (SSSR count). The number of ether oxygens (including phenoxy) is 1. The monoisotopic (exact) mass is 272 g/mol. The van der Waals surface area contributed by atoms with E-state index in [1.165, 1.54) is 6.42 Å². The van der Waals surface area contributed by atoms with Crippen LogP contribution in [0.3, 0.4) is 0 Å². The van der Waals surface area contributed by atoms with E-state index in [2.05, 4.69) is 31.0 Å². The third-order valence-corrected chi connectivity index (χ3v) is 3.42. The van der Waals surface area contributed by atoms with Gasteiger partial charge in [0.15, 0.2) is 0 Å². The Kier molecular flexibility index (Phi) is 8.62. The van der Waals surface area contributed by atoms with Gasteiger partial charge in [0.05, 0.1) is 12.2 Å². The molecular weight excluding hydrogens is 240 g/mol. The van der Waals surface area contributed by atoms with Crippen molar-refractivity contribution >= 4 is 0 Å². The quantitative estimate of drug-likeness (QED) is 0.667. The van der Waals surface area contributed by atoms with E-state index in [1.54, 1.807) is 0 Å². The summed E-state index contributed by atoms with van der Waals surface area (Å²) in [5.41, 5.74) is 0. The highest BCUT2D eigenvalue weighted by Gasteiger charge is 2.21. The first-order valence-electron chi connectivity index (χ1n) is 7.84. The molecule has 1 aliphatic heterocycles. The third-order valence-electron chi connectivity index (χ3n) is 3.42. The molecular formula is C15H32N2O2. The zero-order chi connectivity index (χ0) is 14.1. The average Bonchev–Trinajstić information content (AvgIpc) is 2.36. The minimum Gasteiger partial charge on any atom is -0.390 e. The van der Waals surface area contributed by atoms with Crippen molar-refractivity contribution < 1.29 is 9.84 Å². The number of aliphatic hydroxyl groups excluding tert-OH is 1. The first-order valence-corrected chi connectivity index (χ1v) is 7.84. The highest BCUT2D eigenvalue weighted by Crippen LogP contribution is 2.13. The molecule has 4 nitrogen and oxygen atoms in total. The molecule has 0 aromatic rings. The maximum absolute atomic E-state index is 10.0. The largest absolute Gasteiger partial charge is 0.390 e. The van der Waals surface area contributed by atoms with Crippen molar-refractivity contribution in [1.82, 2.24) is 10.2 Å². The number of rotatable bonds is 9. The molecule has 1 heterocycles. The van der Waals surface area contributed by atoms with Gasteiger partial charge in [-0.25, -0.2) is 0 Å². The van der Waals surface area contributed by atoms with Crippen LogP contribution in [0, 0.1) is 5.92 Å². The van der Waals surface area contributed by atoms with Crippen molar-refractivity contribution in [2.45, 2.75) is 52.2 Å². The molecule has 0 spiro atoms. The van der Waals surface area contributed by atoms with Crippen LogP contribution in [0.2, 0.25) is 0 Å². The zero-order valence-electron chi connectivity index (χ0n) is 12.9. The van der Waals surface area contributed by atoms with Gasteiger partial charge >= 0.3 is 0 Å². The van der Waals surface area contributed by atoms with E-state index >= 15 is 0 Å². The van der Waals surface area contributed by atoms with Gasteiger partial charge in [-0.2, -0.15) is 0 Å². The Bertz CT molecular complexity index is 224. The number of hydrogen-bond donors (Lipinski definition) is 2. The summed E-state index contributed by atoms with van der Waals surface area (Å²) in [5.74, 6) is 0.633. The van der Waals surface area contributed by atoms with Gasteiger partial charge < -0.3 is 15.2 Å². The summed E-state index contributed by atoms with van der Waals surface area (Å²) in [4.78, 5) is 2.34. The minimum absolute atomic E-state index is 0.274. The number of likely N-dealkylation sites (tertiary alicyclic amines) is 1. The lowest BCUT2D eigenvalue weighted by Gasteiger charge is -2.33. The van der Waals surface area contributed by atoms with Crippen LogP contribution in [0.1, 0.15) is 40.0 Å². The number of nitrogens with zero attached hydrogens (tertiary/aromatic N) is 1. The predicted molar refractivity (Wildman–Crippen MR) is 79.4 cm³/mol. The molecule has 4 heteroatoms. The molecule has 0 aromatic carbocycles. The lowest BCUT2D eigenvalue weighted by atomic mass is 10.1. The number of nitrogens with one attached hydrogen (secondary N) is 1. The molecule has 19 heavy (non-hydrogen) atoms. The van der Waals surface area contributed by atoms with Crippen molar-refractivity contribution in [2.75, 3.05) is 39.3 Å². The Labute approximate surface area is 118 Å². The Hall–Kier alpha value is -0.160. The van der Waals surface area contributed by atoms with Gasteiger partial charge in [-0.15, -0.1) is 0 Å². The second kappa shape index (κ2) is 9.70. The van der Waals surface area contributed by atoms with Crippen LogP contribution < -0.4 is 5.32 Å². The van der Waals surface area contributed by atoms with Crippen LogP contribution in [0.4, 0.5) is 0 Å². The smallest absolute Gasteiger partial charge is 0.0791 e. The van der Waals surface area contributed by atoms with Crippen LogP contribution in [-0.2, 0) is 4.74 Å². The molecule has 2 N–H and O–H groups in total. The maximum Gasteiger partial charge on any atom is 0.0791 e. The molecule has 1 saturated heterocycles. The molecule has 2 unspecified atom stereocenters. The summed E-state index contributed by atoms with van der Waals surface area (Å²) in [6.45, 7) is 11.8. The molecule has 1 aliphatic rings. The van der Waals surface area contributed by atoms with E-state index in [0.717, 1.165) is 45.6 Å². The van der Waals surface area contributed by atoms with Crippen LogP contribution in [0.5, 0.6) is 0 Å². The van der Waals surface area contributed by atoms with Gasteiger partial charge in [0.1, 0.15) is 0 Å². The lowest BCUT2D eigenvalue weighted by molar-refractivity contribution is -0.0115. The first-order chi connectivity index (χ1) is 9.11. The standard InChI is InChI=1S/C15H32N2O2/c1-4-8-19-15-6-5-7-17(12-15)11-14(18)10-16-9-13(2)3/h13-16,18H,4-12H2,1-3H3. The Morgan fingerprint density at radius 2 is 2.16 bits per heavy atom. The highest BCUT2D eigenvalue weighted by atomic mass is 16.5. The molecule has 2 atom stereocenters. The fraction of sp³-hybridized carbons (Fsp3) is 1.00. The van der Waals surface area contributed by atoms with Gasteiger partial charge in [0.2, 0.25) is 0 Å². The van der Waals surface area contributed by atoms with E-state index < -0.39 is 0 Å². The fourth-order valence-electron chi connectivity index (χ4n) is 2.50. The van der Waals surface area contributed by atoms with Crippen LogP contribution >= 0.6 is 0 Å². The second-order valence-electron chi connectivity index (χ2n) is 6.10. The number of hydrogen-bond acceptors (Lipinski definition) is 4. The first kappa shape index (κ1) is 16.9. The summed E-state index contributed by atoms with van der Waals surface area (Å²) in [5, 5.41) is 13.3. The molecule has 0 aromatic heterocycles. The molecule has 0 bridgehead atoms. The van der Waals surface area contributed by atoms with Crippen LogP contribution in [-0.4, -0.2) is 61.5 Å². The van der Waals surface area contributed by atoms with Gasteiger partial charge in [0, 0.05) is 26.2 Å². The summed E-state index contributed by atoms with van der Waals surface area (Å²) < 4.78 is 5.82. The fourth-order valence-corrected chi connectivity index (χ4v) is 2.50. The van der Waals surface area contributed by atoms with Crippen molar-refractivity contribution in [3.63, 3.8) is 0 Å².